The van der Waals surface area contributed by atoms with Crippen LogP contribution in [0.25, 0.3) is 11.0 Å². The molecule has 0 radical (unpaired) electrons. The number of benzene rings is 1. The molecule has 21 heavy (non-hydrogen) atoms. The second kappa shape index (κ2) is 5.72. The molecule has 0 atom stereocenters. The van der Waals surface area contributed by atoms with E-state index in [2.05, 4.69) is 6.92 Å². The number of amides is 1. The minimum absolute atomic E-state index is 0.182. The number of rotatable bonds is 2. The maximum atomic E-state index is 12.4. The minimum atomic E-state index is 0.182. The van der Waals surface area contributed by atoms with Gasteiger partial charge in [-0.15, -0.1) is 0 Å². The number of aryl methyl sites for hydroxylation is 1. The molecule has 3 nitrogen and oxygen atoms in total. The fourth-order valence-corrected chi connectivity index (χ4v) is 3.03. The van der Waals surface area contributed by atoms with E-state index in [1.165, 1.54) is 0 Å². The fraction of sp³-hybridized carbons (Fsp3) is 0.471. The highest BCUT2D eigenvalue weighted by Crippen LogP contribution is 2.28. The van der Waals surface area contributed by atoms with E-state index in [0.29, 0.717) is 11.4 Å². The summed E-state index contributed by atoms with van der Waals surface area (Å²) in [5, 5.41) is 1.66. The van der Waals surface area contributed by atoms with Crippen molar-refractivity contribution in [2.75, 3.05) is 13.1 Å². The molecule has 0 saturated carbocycles. The predicted molar refractivity (Wildman–Crippen MR) is 84.6 cm³/mol. The number of fused-ring (bicyclic) bond motifs is 1. The van der Waals surface area contributed by atoms with Crippen molar-refractivity contribution in [2.24, 2.45) is 5.92 Å². The Hall–Kier alpha value is -1.48. The van der Waals surface area contributed by atoms with Crippen LogP contribution < -0.4 is 0 Å². The number of halogens is 1. The molecule has 0 bridgehead atoms. The Labute approximate surface area is 129 Å². The van der Waals surface area contributed by atoms with Gasteiger partial charge in [0.05, 0.1) is 12.7 Å². The largest absolute Gasteiger partial charge is 0.464 e. The third kappa shape index (κ3) is 2.93. The first kappa shape index (κ1) is 14.5. The van der Waals surface area contributed by atoms with E-state index >= 15 is 0 Å². The maximum Gasteiger partial charge on any atom is 0.227 e. The van der Waals surface area contributed by atoms with Crippen molar-refractivity contribution in [1.29, 1.82) is 0 Å². The van der Waals surface area contributed by atoms with E-state index in [1.807, 2.05) is 24.0 Å². The van der Waals surface area contributed by atoms with Gasteiger partial charge in [0.1, 0.15) is 5.58 Å². The topological polar surface area (TPSA) is 33.5 Å². The van der Waals surface area contributed by atoms with Crippen LogP contribution >= 0.6 is 11.6 Å². The summed E-state index contributed by atoms with van der Waals surface area (Å²) in [5.41, 5.74) is 2.71. The average molecular weight is 306 g/mol. The number of carbonyl (C=O) groups excluding carboxylic acids is 1. The summed E-state index contributed by atoms with van der Waals surface area (Å²) in [7, 11) is 0. The molecule has 0 aliphatic carbocycles. The minimum Gasteiger partial charge on any atom is -0.464 e. The lowest BCUT2D eigenvalue weighted by Gasteiger charge is -2.30. The second-order valence-corrected chi connectivity index (χ2v) is 6.51. The first-order chi connectivity index (χ1) is 10.0. The molecule has 2 aromatic rings. The average Bonchev–Trinajstić information content (AvgIpc) is 2.82. The molecule has 2 heterocycles. The maximum absolute atomic E-state index is 12.4. The SMILES string of the molecule is Cc1cc2occ(CC(=O)N3CCC(C)CC3)c2cc1Cl. The summed E-state index contributed by atoms with van der Waals surface area (Å²) in [6, 6.07) is 3.82. The molecular weight excluding hydrogens is 286 g/mol. The van der Waals surface area contributed by atoms with Gasteiger partial charge in [-0.2, -0.15) is 0 Å². The molecule has 1 aromatic heterocycles. The van der Waals surface area contributed by atoms with Gasteiger partial charge >= 0.3 is 0 Å². The fourth-order valence-electron chi connectivity index (χ4n) is 2.87. The van der Waals surface area contributed by atoms with E-state index in [0.717, 1.165) is 53.9 Å². The van der Waals surface area contributed by atoms with Gasteiger partial charge < -0.3 is 9.32 Å². The smallest absolute Gasteiger partial charge is 0.227 e. The van der Waals surface area contributed by atoms with E-state index in [1.54, 1.807) is 6.26 Å². The molecule has 1 saturated heterocycles. The summed E-state index contributed by atoms with van der Waals surface area (Å²) in [5.74, 6) is 0.909. The van der Waals surface area contributed by atoms with Crippen molar-refractivity contribution >= 4 is 28.5 Å². The molecule has 4 heteroatoms. The second-order valence-electron chi connectivity index (χ2n) is 6.10. The van der Waals surface area contributed by atoms with Crippen LogP contribution in [0, 0.1) is 12.8 Å². The molecule has 0 N–H and O–H groups in total. The Kier molecular flexibility index (Phi) is 3.94. The van der Waals surface area contributed by atoms with Crippen LogP contribution in [-0.2, 0) is 11.2 Å². The summed E-state index contributed by atoms with van der Waals surface area (Å²) in [4.78, 5) is 14.4. The molecular formula is C17H20ClNO2. The van der Waals surface area contributed by atoms with Crippen LogP contribution in [0.3, 0.4) is 0 Å². The van der Waals surface area contributed by atoms with Gasteiger partial charge in [-0.3, -0.25) is 4.79 Å². The van der Waals surface area contributed by atoms with E-state index < -0.39 is 0 Å². The third-order valence-electron chi connectivity index (χ3n) is 4.41. The van der Waals surface area contributed by atoms with E-state index in [9.17, 15) is 4.79 Å². The highest BCUT2D eigenvalue weighted by atomic mass is 35.5. The zero-order chi connectivity index (χ0) is 15.0. The van der Waals surface area contributed by atoms with Gasteiger partial charge in [0.2, 0.25) is 5.91 Å². The monoisotopic (exact) mass is 305 g/mol. The van der Waals surface area contributed by atoms with Crippen LogP contribution in [0.4, 0.5) is 0 Å². The molecule has 1 aliphatic heterocycles. The van der Waals surface area contributed by atoms with Crippen LogP contribution in [0.2, 0.25) is 5.02 Å². The molecule has 0 unspecified atom stereocenters. The normalized spacial score (nSPS) is 16.6. The standard InChI is InChI=1S/C17H20ClNO2/c1-11-3-5-19(6-4-11)17(20)8-13-10-21-16-7-12(2)15(18)9-14(13)16/h7,9-11H,3-6,8H2,1-2H3. The highest BCUT2D eigenvalue weighted by molar-refractivity contribution is 6.32. The first-order valence-electron chi connectivity index (χ1n) is 7.48. The zero-order valence-electron chi connectivity index (χ0n) is 12.5. The molecule has 1 amide bonds. The number of hydrogen-bond acceptors (Lipinski definition) is 2. The lowest BCUT2D eigenvalue weighted by molar-refractivity contribution is -0.131. The number of nitrogens with zero attached hydrogens (tertiary/aromatic N) is 1. The number of carbonyl (C=O) groups is 1. The van der Waals surface area contributed by atoms with Gasteiger partial charge in [0, 0.05) is 29.1 Å². The van der Waals surface area contributed by atoms with E-state index in [-0.39, 0.29) is 5.91 Å². The summed E-state index contributed by atoms with van der Waals surface area (Å²) in [6.45, 7) is 5.94. The van der Waals surface area contributed by atoms with Crippen LogP contribution in [0.5, 0.6) is 0 Å². The number of piperidine rings is 1. The molecule has 1 aromatic carbocycles. The van der Waals surface area contributed by atoms with Crippen molar-refractivity contribution in [2.45, 2.75) is 33.1 Å². The predicted octanol–water partition coefficient (Wildman–Crippen LogP) is 4.20. The van der Waals surface area contributed by atoms with Crippen LogP contribution in [0.1, 0.15) is 30.9 Å². The number of likely N-dealkylation sites (tertiary alicyclic amines) is 1. The molecule has 3 rings (SSSR count). The summed E-state index contributed by atoms with van der Waals surface area (Å²) >= 11 is 6.18. The van der Waals surface area contributed by atoms with Crippen molar-refractivity contribution in [1.82, 2.24) is 4.90 Å². The van der Waals surface area contributed by atoms with Crippen molar-refractivity contribution in [3.05, 3.63) is 34.5 Å². The summed E-state index contributed by atoms with van der Waals surface area (Å²) in [6.07, 6.45) is 4.28. The van der Waals surface area contributed by atoms with Gasteiger partial charge in [-0.1, -0.05) is 18.5 Å². The quantitative estimate of drug-likeness (QED) is 0.833. The highest BCUT2D eigenvalue weighted by Gasteiger charge is 2.21. The van der Waals surface area contributed by atoms with Crippen molar-refractivity contribution in [3.63, 3.8) is 0 Å². The number of furan rings is 1. The molecule has 0 spiro atoms. The van der Waals surface area contributed by atoms with Gasteiger partial charge in [-0.05, 0) is 43.4 Å². The van der Waals surface area contributed by atoms with Crippen LogP contribution in [0.15, 0.2) is 22.8 Å². The zero-order valence-corrected chi connectivity index (χ0v) is 13.2. The third-order valence-corrected chi connectivity index (χ3v) is 4.82. The molecule has 112 valence electrons. The summed E-state index contributed by atoms with van der Waals surface area (Å²) < 4.78 is 5.56. The van der Waals surface area contributed by atoms with Gasteiger partial charge in [-0.25, -0.2) is 0 Å². The Bertz CT molecular complexity index is 669. The van der Waals surface area contributed by atoms with Crippen molar-refractivity contribution < 1.29 is 9.21 Å². The lowest BCUT2D eigenvalue weighted by atomic mass is 9.98. The Morgan fingerprint density at radius 1 is 1.38 bits per heavy atom. The van der Waals surface area contributed by atoms with Gasteiger partial charge in [0.25, 0.3) is 0 Å². The van der Waals surface area contributed by atoms with Crippen LogP contribution in [-0.4, -0.2) is 23.9 Å². The Morgan fingerprint density at radius 2 is 2.10 bits per heavy atom. The van der Waals surface area contributed by atoms with Gasteiger partial charge in [0.15, 0.2) is 0 Å². The van der Waals surface area contributed by atoms with Crippen molar-refractivity contribution in [3.8, 4) is 0 Å². The number of hydrogen-bond donors (Lipinski definition) is 0. The Morgan fingerprint density at radius 3 is 2.81 bits per heavy atom. The lowest BCUT2D eigenvalue weighted by Crippen LogP contribution is -2.38. The first-order valence-corrected chi connectivity index (χ1v) is 7.86. The molecule has 1 aliphatic rings. The molecule has 1 fully saturated rings. The van der Waals surface area contributed by atoms with E-state index in [4.69, 9.17) is 16.0 Å². The Balaban J connectivity index is 1.78.